The lowest BCUT2D eigenvalue weighted by Gasteiger charge is -2.14. The Balaban J connectivity index is 2.55. The van der Waals surface area contributed by atoms with Crippen molar-refractivity contribution in [2.24, 2.45) is 0 Å². The van der Waals surface area contributed by atoms with Crippen molar-refractivity contribution in [3.8, 4) is 0 Å². The molecule has 0 aliphatic carbocycles. The third kappa shape index (κ3) is 3.73. The van der Waals surface area contributed by atoms with E-state index < -0.39 is 16.0 Å². The Morgan fingerprint density at radius 3 is 2.29 bits per heavy atom. The zero-order chi connectivity index (χ0) is 17.9. The second-order valence-electron chi connectivity index (χ2n) is 5.41. The lowest BCUT2D eigenvalue weighted by atomic mass is 10.1. The smallest absolute Gasteiger partial charge is 0.339 e. The summed E-state index contributed by atoms with van der Waals surface area (Å²) in [6.45, 7) is 5.52. The van der Waals surface area contributed by atoms with E-state index in [4.69, 9.17) is 0 Å². The highest BCUT2D eigenvalue weighted by molar-refractivity contribution is 7.92. The summed E-state index contributed by atoms with van der Waals surface area (Å²) in [7, 11) is -3.88. The van der Waals surface area contributed by atoms with Crippen LogP contribution in [0, 0.1) is 6.92 Å². The van der Waals surface area contributed by atoms with Gasteiger partial charge in [0.15, 0.2) is 0 Å². The fourth-order valence-corrected chi connectivity index (χ4v) is 3.40. The molecule has 0 atom stereocenters. The largest absolute Gasteiger partial charge is 0.478 e. The highest BCUT2D eigenvalue weighted by atomic mass is 32.2. The second kappa shape index (κ2) is 7.00. The van der Waals surface area contributed by atoms with E-state index >= 15 is 0 Å². The molecule has 0 fully saturated rings. The van der Waals surface area contributed by atoms with Crippen LogP contribution in [0.3, 0.4) is 0 Å². The molecule has 0 saturated carbocycles. The number of aryl methyl sites for hydroxylation is 3. The van der Waals surface area contributed by atoms with Gasteiger partial charge in [-0.25, -0.2) is 13.2 Å². The molecule has 128 valence electrons. The van der Waals surface area contributed by atoms with E-state index in [9.17, 15) is 18.3 Å². The number of hydrogen-bond acceptors (Lipinski definition) is 4. The highest BCUT2D eigenvalue weighted by Crippen LogP contribution is 2.24. The number of carboxylic acids is 1. The number of nitrogens with one attached hydrogen (secondary N) is 1. The van der Waals surface area contributed by atoms with Gasteiger partial charge in [0, 0.05) is 5.69 Å². The van der Waals surface area contributed by atoms with Crippen molar-refractivity contribution >= 4 is 21.7 Å². The Labute approximate surface area is 141 Å². The molecule has 6 nitrogen and oxygen atoms in total. The van der Waals surface area contributed by atoms with Crippen molar-refractivity contribution in [1.82, 2.24) is 4.98 Å². The number of aromatic nitrogens is 1. The fraction of sp³-hybridized carbons (Fsp3) is 0.294. The maximum absolute atomic E-state index is 12.6. The van der Waals surface area contributed by atoms with Crippen LogP contribution in [0.15, 0.2) is 35.2 Å². The molecule has 0 bridgehead atoms. The standard InChI is InChI=1S/C17H20N2O4S/c1-4-12-10-15(16(17(20)21)14(5-2)18-12)19-24(22,23)13-8-6-11(3)7-9-13/h6-10H,4-5H2,1-3H3,(H,18,19)(H,20,21). The maximum Gasteiger partial charge on any atom is 0.339 e. The normalized spacial score (nSPS) is 11.3. The second-order valence-corrected chi connectivity index (χ2v) is 7.10. The number of sulfonamides is 1. The van der Waals surface area contributed by atoms with Gasteiger partial charge >= 0.3 is 5.97 Å². The van der Waals surface area contributed by atoms with E-state index in [1.807, 2.05) is 13.8 Å². The molecular formula is C17H20N2O4S. The van der Waals surface area contributed by atoms with Crippen molar-refractivity contribution < 1.29 is 18.3 Å². The summed E-state index contributed by atoms with van der Waals surface area (Å²) in [6.07, 6.45) is 0.973. The minimum absolute atomic E-state index is 0.0479. The molecule has 2 aromatic rings. The van der Waals surface area contributed by atoms with Gasteiger partial charge in [-0.3, -0.25) is 9.71 Å². The average Bonchev–Trinajstić information content (AvgIpc) is 2.53. The SMILES string of the molecule is CCc1cc(NS(=O)(=O)c2ccc(C)cc2)c(C(=O)O)c(CC)n1. The first-order chi connectivity index (χ1) is 11.3. The summed E-state index contributed by atoms with van der Waals surface area (Å²) in [6, 6.07) is 7.83. The first-order valence-electron chi connectivity index (χ1n) is 7.64. The van der Waals surface area contributed by atoms with Crippen LogP contribution in [-0.2, 0) is 22.9 Å². The van der Waals surface area contributed by atoms with E-state index in [2.05, 4.69) is 9.71 Å². The lowest BCUT2D eigenvalue weighted by molar-refractivity contribution is 0.0696. The first-order valence-corrected chi connectivity index (χ1v) is 9.12. The Morgan fingerprint density at radius 1 is 1.17 bits per heavy atom. The van der Waals surface area contributed by atoms with Gasteiger partial charge in [0.2, 0.25) is 0 Å². The van der Waals surface area contributed by atoms with Gasteiger partial charge in [0.1, 0.15) is 5.56 Å². The van der Waals surface area contributed by atoms with Crippen molar-refractivity contribution in [3.63, 3.8) is 0 Å². The summed E-state index contributed by atoms with van der Waals surface area (Å²) < 4.78 is 27.5. The minimum Gasteiger partial charge on any atom is -0.478 e. The van der Waals surface area contributed by atoms with Crippen LogP contribution < -0.4 is 4.72 Å². The number of benzene rings is 1. The molecular weight excluding hydrogens is 328 g/mol. The molecule has 0 aliphatic heterocycles. The Kier molecular flexibility index (Phi) is 5.23. The molecule has 0 aliphatic rings. The van der Waals surface area contributed by atoms with E-state index in [0.29, 0.717) is 24.2 Å². The van der Waals surface area contributed by atoms with Gasteiger partial charge in [-0.05, 0) is 38.0 Å². The van der Waals surface area contributed by atoms with Crippen molar-refractivity contribution in [1.29, 1.82) is 0 Å². The van der Waals surface area contributed by atoms with E-state index in [1.165, 1.54) is 18.2 Å². The number of pyridine rings is 1. The molecule has 1 aromatic carbocycles. The monoisotopic (exact) mass is 348 g/mol. The van der Waals surface area contributed by atoms with E-state index in [-0.39, 0.29) is 16.1 Å². The van der Waals surface area contributed by atoms with Crippen LogP contribution in [0.4, 0.5) is 5.69 Å². The maximum atomic E-state index is 12.6. The first kappa shape index (κ1) is 17.9. The minimum atomic E-state index is -3.88. The summed E-state index contributed by atoms with van der Waals surface area (Å²) in [5.74, 6) is -1.20. The number of hydrogen-bond donors (Lipinski definition) is 2. The predicted molar refractivity (Wildman–Crippen MR) is 91.9 cm³/mol. The quantitative estimate of drug-likeness (QED) is 0.836. The molecule has 0 unspecified atom stereocenters. The van der Waals surface area contributed by atoms with Crippen molar-refractivity contribution in [3.05, 3.63) is 52.8 Å². The molecule has 24 heavy (non-hydrogen) atoms. The Bertz CT molecular complexity index is 859. The predicted octanol–water partition coefficient (Wildman–Crippen LogP) is 3.01. The van der Waals surface area contributed by atoms with Crippen LogP contribution in [0.1, 0.15) is 41.2 Å². The van der Waals surface area contributed by atoms with E-state index in [1.54, 1.807) is 19.1 Å². The number of anilines is 1. The Morgan fingerprint density at radius 2 is 1.79 bits per heavy atom. The average molecular weight is 348 g/mol. The summed E-state index contributed by atoms with van der Waals surface area (Å²) >= 11 is 0. The number of carboxylic acid groups (broad SMARTS) is 1. The lowest BCUT2D eigenvalue weighted by Crippen LogP contribution is -2.18. The summed E-state index contributed by atoms with van der Waals surface area (Å²) in [4.78, 5) is 16.0. The van der Waals surface area contributed by atoms with E-state index in [0.717, 1.165) is 5.56 Å². The summed E-state index contributed by atoms with van der Waals surface area (Å²) in [5.41, 5.74) is 1.88. The van der Waals surface area contributed by atoms with Crippen LogP contribution in [0.2, 0.25) is 0 Å². The molecule has 1 aromatic heterocycles. The third-order valence-corrected chi connectivity index (χ3v) is 5.02. The fourth-order valence-electron chi connectivity index (χ4n) is 2.33. The third-order valence-electron chi connectivity index (χ3n) is 3.63. The number of nitrogens with zero attached hydrogens (tertiary/aromatic N) is 1. The molecule has 0 amide bonds. The van der Waals surface area contributed by atoms with Gasteiger partial charge in [-0.1, -0.05) is 31.5 Å². The Hall–Kier alpha value is -2.41. The molecule has 0 saturated heterocycles. The summed E-state index contributed by atoms with van der Waals surface area (Å²) in [5, 5.41) is 9.47. The van der Waals surface area contributed by atoms with Crippen molar-refractivity contribution in [2.45, 2.75) is 38.5 Å². The van der Waals surface area contributed by atoms with Gasteiger partial charge in [-0.15, -0.1) is 0 Å². The van der Waals surface area contributed by atoms with Gasteiger partial charge < -0.3 is 5.11 Å². The highest BCUT2D eigenvalue weighted by Gasteiger charge is 2.22. The molecule has 0 spiro atoms. The number of carbonyl (C=O) groups is 1. The molecule has 2 N–H and O–H groups in total. The van der Waals surface area contributed by atoms with Gasteiger partial charge in [0.25, 0.3) is 10.0 Å². The topological polar surface area (TPSA) is 96.4 Å². The molecule has 0 radical (unpaired) electrons. The zero-order valence-corrected chi connectivity index (χ0v) is 14.6. The van der Waals surface area contributed by atoms with Crippen LogP contribution in [0.25, 0.3) is 0 Å². The molecule has 7 heteroatoms. The van der Waals surface area contributed by atoms with Crippen LogP contribution >= 0.6 is 0 Å². The van der Waals surface area contributed by atoms with Gasteiger partial charge in [-0.2, -0.15) is 0 Å². The number of aromatic carboxylic acids is 1. The molecule has 1 heterocycles. The van der Waals surface area contributed by atoms with Crippen molar-refractivity contribution in [2.75, 3.05) is 4.72 Å². The van der Waals surface area contributed by atoms with Crippen LogP contribution in [0.5, 0.6) is 0 Å². The number of rotatable bonds is 6. The van der Waals surface area contributed by atoms with Crippen LogP contribution in [-0.4, -0.2) is 24.5 Å². The molecule has 2 rings (SSSR count). The zero-order valence-electron chi connectivity index (χ0n) is 13.8. The van der Waals surface area contributed by atoms with Gasteiger partial charge in [0.05, 0.1) is 16.3 Å².